The normalized spacial score (nSPS) is 10.0. The maximum Gasteiger partial charge on any atom is 0.233 e. The van der Waals surface area contributed by atoms with Crippen molar-refractivity contribution in [1.29, 1.82) is 0 Å². The molecule has 0 aliphatic heterocycles. The number of carbonyl (C=O) groups excluding carboxylic acids is 1. The van der Waals surface area contributed by atoms with Crippen molar-refractivity contribution in [2.75, 3.05) is 17.6 Å². The first-order valence-electron chi connectivity index (χ1n) is 4.30. The second-order valence-electron chi connectivity index (χ2n) is 2.81. The van der Waals surface area contributed by atoms with Gasteiger partial charge in [-0.1, -0.05) is 0 Å². The molecule has 0 saturated heterocycles. The highest BCUT2D eigenvalue weighted by atomic mass is 32.1. The Balaban J connectivity index is 2.07. The van der Waals surface area contributed by atoms with Crippen LogP contribution in [0.2, 0.25) is 0 Å². The van der Waals surface area contributed by atoms with E-state index >= 15 is 0 Å². The molecule has 0 spiro atoms. The van der Waals surface area contributed by atoms with Crippen LogP contribution in [-0.2, 0) is 4.79 Å². The molecule has 0 saturated carbocycles. The number of nitrogens with one attached hydrogen (secondary N) is 1. The van der Waals surface area contributed by atoms with Gasteiger partial charge in [0.05, 0.1) is 0 Å². The van der Waals surface area contributed by atoms with Crippen LogP contribution in [0.25, 0.3) is 0 Å². The Hall–Kier alpha value is -1.37. The highest BCUT2D eigenvalue weighted by Crippen LogP contribution is 2.11. The van der Waals surface area contributed by atoms with Gasteiger partial charge < -0.3 is 16.8 Å². The molecule has 1 aromatic rings. The van der Waals surface area contributed by atoms with Gasteiger partial charge in [0, 0.05) is 24.5 Å². The summed E-state index contributed by atoms with van der Waals surface area (Å²) in [7, 11) is 0. The number of hydrogen-bond donors (Lipinski definition) is 3. The van der Waals surface area contributed by atoms with Gasteiger partial charge in [0.1, 0.15) is 0 Å². The van der Waals surface area contributed by atoms with Crippen molar-refractivity contribution in [3.8, 4) is 0 Å². The van der Waals surface area contributed by atoms with Crippen LogP contribution in [0.15, 0.2) is 0 Å². The maximum absolute atomic E-state index is 10.4. The molecule has 0 aliphatic rings. The highest BCUT2D eigenvalue weighted by Gasteiger charge is 1.99. The van der Waals surface area contributed by atoms with E-state index in [1.54, 1.807) is 0 Å². The van der Waals surface area contributed by atoms with Crippen molar-refractivity contribution in [3.05, 3.63) is 0 Å². The number of unbranched alkanes of at least 4 members (excludes halogenated alkanes) is 1. The van der Waals surface area contributed by atoms with E-state index in [0.717, 1.165) is 19.4 Å². The average molecular weight is 215 g/mol. The number of nitrogens with zero attached hydrogens (tertiary/aromatic N) is 2. The Morgan fingerprint density at radius 1 is 1.50 bits per heavy atom. The number of primary amides is 1. The van der Waals surface area contributed by atoms with Crippen LogP contribution in [0, 0.1) is 0 Å². The molecule has 0 fully saturated rings. The second kappa shape index (κ2) is 5.38. The number of amides is 1. The van der Waals surface area contributed by atoms with Crippen LogP contribution >= 0.6 is 11.5 Å². The first kappa shape index (κ1) is 10.7. The third-order valence-electron chi connectivity index (χ3n) is 1.57. The fraction of sp³-hybridized carbons (Fsp3) is 0.571. The Morgan fingerprint density at radius 2 is 2.29 bits per heavy atom. The monoisotopic (exact) mass is 215 g/mol. The zero-order valence-corrected chi connectivity index (χ0v) is 8.51. The maximum atomic E-state index is 10.4. The molecule has 1 heterocycles. The van der Waals surface area contributed by atoms with Crippen LogP contribution in [-0.4, -0.2) is 21.8 Å². The van der Waals surface area contributed by atoms with Gasteiger partial charge in [0.2, 0.25) is 17.0 Å². The summed E-state index contributed by atoms with van der Waals surface area (Å²) in [4.78, 5) is 14.3. The lowest BCUT2D eigenvalue weighted by atomic mass is 10.2. The summed E-state index contributed by atoms with van der Waals surface area (Å²) in [6.07, 6.45) is 2.10. The number of aromatic nitrogens is 2. The molecule has 1 aromatic heterocycles. The fourth-order valence-electron chi connectivity index (χ4n) is 0.926. The molecular weight excluding hydrogens is 202 g/mol. The van der Waals surface area contributed by atoms with Crippen molar-refractivity contribution in [2.45, 2.75) is 19.3 Å². The molecule has 0 unspecified atom stereocenters. The van der Waals surface area contributed by atoms with Crippen LogP contribution in [0.3, 0.4) is 0 Å². The molecule has 0 aliphatic carbocycles. The van der Waals surface area contributed by atoms with Crippen LogP contribution in [0.1, 0.15) is 19.3 Å². The summed E-state index contributed by atoms with van der Waals surface area (Å²) in [5.41, 5.74) is 10.3. The summed E-state index contributed by atoms with van der Waals surface area (Å²) in [5.74, 6) is 0.0276. The first-order chi connectivity index (χ1) is 6.68. The molecule has 78 valence electrons. The van der Waals surface area contributed by atoms with E-state index in [4.69, 9.17) is 11.5 Å². The van der Waals surface area contributed by atoms with E-state index in [2.05, 4.69) is 14.7 Å². The molecule has 14 heavy (non-hydrogen) atoms. The first-order valence-corrected chi connectivity index (χ1v) is 5.07. The van der Waals surface area contributed by atoms with Gasteiger partial charge in [0.15, 0.2) is 0 Å². The Kier molecular flexibility index (Phi) is 4.11. The second-order valence-corrected chi connectivity index (χ2v) is 3.56. The number of rotatable bonds is 6. The summed E-state index contributed by atoms with van der Waals surface area (Å²) in [6, 6.07) is 0. The van der Waals surface area contributed by atoms with Crippen molar-refractivity contribution in [2.24, 2.45) is 5.73 Å². The Labute approximate surface area is 85.9 Å². The summed E-state index contributed by atoms with van der Waals surface area (Å²) in [6.45, 7) is 0.752. The molecule has 0 atom stereocenters. The fourth-order valence-corrected chi connectivity index (χ4v) is 1.45. The lowest BCUT2D eigenvalue weighted by Gasteiger charge is -1.99. The predicted molar refractivity (Wildman–Crippen MR) is 55.9 cm³/mol. The number of hydrogen-bond acceptors (Lipinski definition) is 6. The Morgan fingerprint density at radius 3 is 2.86 bits per heavy atom. The number of nitrogen functional groups attached to an aromatic ring is 1. The molecule has 6 nitrogen and oxygen atoms in total. The van der Waals surface area contributed by atoms with Gasteiger partial charge in [-0.15, -0.1) is 0 Å². The SMILES string of the molecule is NC(=O)CCCCNc1nc(N)ns1. The van der Waals surface area contributed by atoms with E-state index in [1.807, 2.05) is 0 Å². The summed E-state index contributed by atoms with van der Waals surface area (Å²) < 4.78 is 3.82. The lowest BCUT2D eigenvalue weighted by Crippen LogP contribution is -2.10. The minimum Gasteiger partial charge on any atom is -0.370 e. The zero-order chi connectivity index (χ0) is 10.4. The molecule has 0 aromatic carbocycles. The molecule has 0 radical (unpaired) electrons. The summed E-state index contributed by atoms with van der Waals surface area (Å²) >= 11 is 1.23. The number of carbonyl (C=O) groups is 1. The van der Waals surface area contributed by atoms with Gasteiger partial charge in [-0.05, 0) is 12.8 Å². The molecule has 1 rings (SSSR count). The van der Waals surface area contributed by atoms with E-state index in [-0.39, 0.29) is 11.9 Å². The molecule has 0 bridgehead atoms. The van der Waals surface area contributed by atoms with Gasteiger partial charge in [-0.25, -0.2) is 0 Å². The Bertz CT molecular complexity index is 300. The molecular formula is C7H13N5OS. The standard InChI is InChI=1S/C7H13N5OS/c8-5(13)3-1-2-4-10-7-11-6(9)12-14-7/h1-4H2,(H2,8,13)(H3,9,10,11,12). The van der Waals surface area contributed by atoms with Crippen molar-refractivity contribution in [3.63, 3.8) is 0 Å². The predicted octanol–water partition coefficient (Wildman–Crippen LogP) is 0.188. The number of nitrogens with two attached hydrogens (primary N) is 2. The smallest absolute Gasteiger partial charge is 0.233 e. The van der Waals surface area contributed by atoms with Gasteiger partial charge >= 0.3 is 0 Å². The van der Waals surface area contributed by atoms with Crippen LogP contribution < -0.4 is 16.8 Å². The minimum absolute atomic E-state index is 0.259. The summed E-state index contributed by atoms with van der Waals surface area (Å²) in [5, 5.41) is 3.76. The van der Waals surface area contributed by atoms with E-state index < -0.39 is 0 Å². The van der Waals surface area contributed by atoms with E-state index in [0.29, 0.717) is 11.6 Å². The van der Waals surface area contributed by atoms with Gasteiger partial charge in [-0.3, -0.25) is 4.79 Å². The quantitative estimate of drug-likeness (QED) is 0.587. The minimum atomic E-state index is -0.259. The van der Waals surface area contributed by atoms with E-state index in [9.17, 15) is 4.79 Å². The zero-order valence-electron chi connectivity index (χ0n) is 7.69. The van der Waals surface area contributed by atoms with Crippen LogP contribution in [0.4, 0.5) is 11.1 Å². The average Bonchev–Trinajstić information content (AvgIpc) is 2.50. The lowest BCUT2D eigenvalue weighted by molar-refractivity contribution is -0.118. The van der Waals surface area contributed by atoms with Crippen molar-refractivity contribution in [1.82, 2.24) is 9.36 Å². The number of anilines is 2. The van der Waals surface area contributed by atoms with Gasteiger partial charge in [-0.2, -0.15) is 9.36 Å². The topological polar surface area (TPSA) is 107 Å². The van der Waals surface area contributed by atoms with E-state index in [1.165, 1.54) is 11.5 Å². The molecule has 7 heteroatoms. The third-order valence-corrected chi connectivity index (χ3v) is 2.25. The highest BCUT2D eigenvalue weighted by molar-refractivity contribution is 7.09. The van der Waals surface area contributed by atoms with Crippen molar-refractivity contribution >= 4 is 28.5 Å². The molecule has 5 N–H and O–H groups in total. The van der Waals surface area contributed by atoms with Crippen molar-refractivity contribution < 1.29 is 4.79 Å². The third kappa shape index (κ3) is 4.04. The molecule has 1 amide bonds. The van der Waals surface area contributed by atoms with Crippen LogP contribution in [0.5, 0.6) is 0 Å². The largest absolute Gasteiger partial charge is 0.370 e. The van der Waals surface area contributed by atoms with Gasteiger partial charge in [0.25, 0.3) is 0 Å².